The normalized spacial score (nSPS) is 22.8. The molecular weight excluding hydrogens is 508 g/mol. The number of nitrogens with zero attached hydrogens (tertiary/aromatic N) is 3. The van der Waals surface area contributed by atoms with Crippen molar-refractivity contribution < 1.29 is 24.1 Å². The van der Waals surface area contributed by atoms with Crippen LogP contribution in [0.1, 0.15) is 0 Å². The van der Waals surface area contributed by atoms with E-state index in [0.29, 0.717) is 41.1 Å². The van der Waals surface area contributed by atoms with Crippen LogP contribution < -0.4 is 9.47 Å². The molecule has 0 amide bonds. The molecule has 2 aliphatic heterocycles. The van der Waals surface area contributed by atoms with E-state index >= 15 is 0 Å². The molecule has 4 unspecified atom stereocenters. The van der Waals surface area contributed by atoms with Gasteiger partial charge in [-0.2, -0.15) is 4.98 Å². The largest absolute Gasteiger partial charge is 0.492 e. The predicted molar refractivity (Wildman–Crippen MR) is 144 cm³/mol. The lowest BCUT2D eigenvalue weighted by molar-refractivity contribution is 0.00706. The van der Waals surface area contributed by atoms with Gasteiger partial charge in [0.1, 0.15) is 30.7 Å². The van der Waals surface area contributed by atoms with Gasteiger partial charge in [-0.1, -0.05) is 48.0 Å². The van der Waals surface area contributed by atoms with Crippen LogP contribution in [0.3, 0.4) is 0 Å². The van der Waals surface area contributed by atoms with Crippen molar-refractivity contribution in [2.75, 3.05) is 40.5 Å². The molecule has 6 rings (SSSR count). The minimum Gasteiger partial charge on any atom is -0.492 e. The smallest absolute Gasteiger partial charge is 0.296 e. The Morgan fingerprint density at radius 1 is 0.974 bits per heavy atom. The number of hydrogen-bond donors (Lipinski definition) is 2. The Balaban J connectivity index is 1.16. The molecule has 0 aliphatic carbocycles. The molecule has 2 fully saturated rings. The topological polar surface area (TPSA) is 102 Å². The highest BCUT2D eigenvalue weighted by molar-refractivity contribution is 6.33. The molecule has 10 heteroatoms. The summed E-state index contributed by atoms with van der Waals surface area (Å²) in [4.78, 5) is 14.4. The first-order chi connectivity index (χ1) is 18.4. The van der Waals surface area contributed by atoms with Gasteiger partial charge in [0.05, 0.1) is 29.4 Å². The Morgan fingerprint density at radius 3 is 2.39 bits per heavy atom. The van der Waals surface area contributed by atoms with Gasteiger partial charge < -0.3 is 33.9 Å². The van der Waals surface area contributed by atoms with E-state index in [1.54, 1.807) is 6.07 Å². The number of fused-ring (bicyclic) bond motifs is 2. The highest BCUT2D eigenvalue weighted by Gasteiger charge is 2.48. The van der Waals surface area contributed by atoms with Crippen molar-refractivity contribution in [2.24, 2.45) is 0 Å². The van der Waals surface area contributed by atoms with Crippen LogP contribution in [0.4, 0.5) is 0 Å². The predicted octanol–water partition coefficient (Wildman–Crippen LogP) is 3.79. The fourth-order valence-electron chi connectivity index (χ4n) is 4.75. The van der Waals surface area contributed by atoms with E-state index in [4.69, 9.17) is 35.5 Å². The van der Waals surface area contributed by atoms with E-state index in [0.717, 1.165) is 29.0 Å². The Morgan fingerprint density at radius 2 is 1.66 bits per heavy atom. The molecule has 2 saturated heterocycles. The Bertz CT molecular complexity index is 1410. The number of rotatable bonds is 8. The third-order valence-corrected chi connectivity index (χ3v) is 7.09. The second-order valence-electron chi connectivity index (χ2n) is 9.80. The van der Waals surface area contributed by atoms with Crippen molar-refractivity contribution in [3.05, 3.63) is 59.6 Å². The summed E-state index contributed by atoms with van der Waals surface area (Å²) in [7, 11) is 4.05. The number of aliphatic hydroxyl groups excluding tert-OH is 1. The van der Waals surface area contributed by atoms with Gasteiger partial charge >= 0.3 is 0 Å². The van der Waals surface area contributed by atoms with Crippen molar-refractivity contribution >= 4 is 22.8 Å². The van der Waals surface area contributed by atoms with Crippen LogP contribution >= 0.6 is 11.6 Å². The summed E-state index contributed by atoms with van der Waals surface area (Å²) >= 11 is 6.61. The van der Waals surface area contributed by atoms with Gasteiger partial charge in [-0.3, -0.25) is 0 Å². The SMILES string of the molecule is CN(C)CCOc1ccc(-c2ccc(-c3nc4nc(OC5COC6C(O)COC56)[nH]c4cc3Cl)cc2)cc1. The van der Waals surface area contributed by atoms with Gasteiger partial charge in [-0.05, 0) is 43.4 Å². The third kappa shape index (κ3) is 5.08. The van der Waals surface area contributed by atoms with E-state index in [1.165, 1.54) is 0 Å². The lowest BCUT2D eigenvalue weighted by Gasteiger charge is -2.15. The number of aromatic nitrogens is 3. The van der Waals surface area contributed by atoms with Crippen molar-refractivity contribution in [2.45, 2.75) is 24.4 Å². The molecule has 0 saturated carbocycles. The number of likely N-dealkylation sites (N-methyl/N-ethyl adjacent to an activating group) is 1. The summed E-state index contributed by atoms with van der Waals surface area (Å²) < 4.78 is 23.0. The van der Waals surface area contributed by atoms with E-state index < -0.39 is 6.10 Å². The molecule has 0 bridgehead atoms. The van der Waals surface area contributed by atoms with Crippen LogP contribution in [-0.2, 0) is 9.47 Å². The number of halogens is 1. The average molecular weight is 537 g/mol. The van der Waals surface area contributed by atoms with Gasteiger partial charge in [0.2, 0.25) is 0 Å². The van der Waals surface area contributed by atoms with Gasteiger partial charge in [-0.25, -0.2) is 4.98 Å². The third-order valence-electron chi connectivity index (χ3n) is 6.80. The van der Waals surface area contributed by atoms with E-state index in [-0.39, 0.29) is 24.9 Å². The Labute approximate surface area is 225 Å². The van der Waals surface area contributed by atoms with Crippen LogP contribution in [0.2, 0.25) is 5.02 Å². The molecule has 2 N–H and O–H groups in total. The first-order valence-corrected chi connectivity index (χ1v) is 12.9. The van der Waals surface area contributed by atoms with E-state index in [9.17, 15) is 5.11 Å². The quantitative estimate of drug-likeness (QED) is 0.351. The van der Waals surface area contributed by atoms with Crippen LogP contribution in [0.15, 0.2) is 54.6 Å². The monoisotopic (exact) mass is 536 g/mol. The number of hydrogen-bond acceptors (Lipinski definition) is 8. The molecule has 2 aliphatic rings. The molecule has 4 aromatic rings. The molecule has 0 radical (unpaired) electrons. The minimum atomic E-state index is -0.634. The molecule has 4 heterocycles. The fourth-order valence-corrected chi connectivity index (χ4v) is 5.01. The van der Waals surface area contributed by atoms with Crippen LogP contribution in [0, 0.1) is 0 Å². The highest BCUT2D eigenvalue weighted by atomic mass is 35.5. The van der Waals surface area contributed by atoms with E-state index in [2.05, 4.69) is 27.0 Å². The minimum absolute atomic E-state index is 0.241. The fraction of sp³-hybridized carbons (Fsp3) is 0.357. The Hall–Kier alpha value is -3.21. The molecule has 4 atom stereocenters. The van der Waals surface area contributed by atoms with Crippen LogP contribution in [0.5, 0.6) is 11.8 Å². The average Bonchev–Trinajstić information content (AvgIpc) is 3.60. The zero-order valence-electron chi connectivity index (χ0n) is 21.1. The summed E-state index contributed by atoms with van der Waals surface area (Å²) in [6.45, 7) is 2.08. The number of imidazole rings is 1. The van der Waals surface area contributed by atoms with Crippen LogP contribution in [0.25, 0.3) is 33.5 Å². The number of aliphatic hydroxyl groups is 1. The molecule has 9 nitrogen and oxygen atoms in total. The molecule has 2 aromatic heterocycles. The maximum absolute atomic E-state index is 9.94. The highest BCUT2D eigenvalue weighted by Crippen LogP contribution is 2.33. The Kier molecular flexibility index (Phi) is 6.94. The summed E-state index contributed by atoms with van der Waals surface area (Å²) in [5.74, 6) is 0.854. The van der Waals surface area contributed by atoms with Crippen molar-refractivity contribution in [1.29, 1.82) is 0 Å². The first-order valence-electron chi connectivity index (χ1n) is 12.6. The van der Waals surface area contributed by atoms with Crippen molar-refractivity contribution in [3.8, 4) is 34.1 Å². The van der Waals surface area contributed by atoms with E-state index in [1.807, 2.05) is 50.5 Å². The number of H-pyrrole nitrogens is 1. The lowest BCUT2D eigenvalue weighted by atomic mass is 10.0. The maximum Gasteiger partial charge on any atom is 0.296 e. The lowest BCUT2D eigenvalue weighted by Crippen LogP contribution is -2.34. The summed E-state index contributed by atoms with van der Waals surface area (Å²) in [5, 5.41) is 10.4. The molecule has 2 aromatic carbocycles. The number of nitrogens with one attached hydrogen (secondary N) is 1. The summed E-state index contributed by atoms with van der Waals surface area (Å²) in [6.07, 6.45) is -1.69. The summed E-state index contributed by atoms with van der Waals surface area (Å²) in [5.41, 5.74) is 4.86. The van der Waals surface area contributed by atoms with Gasteiger partial charge in [0.15, 0.2) is 11.8 Å². The first kappa shape index (κ1) is 25.1. The van der Waals surface area contributed by atoms with Crippen molar-refractivity contribution in [3.63, 3.8) is 0 Å². The maximum atomic E-state index is 9.94. The van der Waals surface area contributed by atoms with Crippen LogP contribution in [-0.4, -0.2) is 89.8 Å². The van der Waals surface area contributed by atoms with Gasteiger partial charge in [-0.15, -0.1) is 0 Å². The summed E-state index contributed by atoms with van der Waals surface area (Å²) in [6, 6.07) is 18.3. The number of pyridine rings is 1. The zero-order valence-corrected chi connectivity index (χ0v) is 21.9. The second kappa shape index (κ2) is 10.5. The zero-order chi connectivity index (χ0) is 26.2. The van der Waals surface area contributed by atoms with Gasteiger partial charge in [0.25, 0.3) is 6.01 Å². The molecule has 198 valence electrons. The number of aromatic amines is 1. The molecule has 0 spiro atoms. The van der Waals surface area contributed by atoms with Gasteiger partial charge in [0, 0.05) is 12.1 Å². The standard InChI is InChI=1S/C28H29ClN4O5/c1-33(2)11-12-35-19-9-7-17(8-10-19)16-3-5-18(6-4-16)24-20(29)13-21-27(31-24)32-28(30-21)38-23-15-37-25-22(34)14-36-26(23)25/h3-10,13,22-23,25-26,34H,11-12,14-15H2,1-2H3,(H,30,31,32). The molecule has 38 heavy (non-hydrogen) atoms. The number of benzene rings is 2. The second-order valence-corrected chi connectivity index (χ2v) is 10.2. The van der Waals surface area contributed by atoms with Crippen molar-refractivity contribution in [1.82, 2.24) is 19.9 Å². The molecular formula is C28H29ClN4O5. The number of ether oxygens (including phenoxy) is 4.